The molecule has 8 nitrogen and oxygen atoms in total. The zero-order valence-corrected chi connectivity index (χ0v) is 23.9. The molecule has 42 heavy (non-hydrogen) atoms. The van der Waals surface area contributed by atoms with Crippen molar-refractivity contribution in [3.05, 3.63) is 113 Å². The summed E-state index contributed by atoms with van der Waals surface area (Å²) in [4.78, 5) is 29.4. The zero-order chi connectivity index (χ0) is 29.6. The van der Waals surface area contributed by atoms with E-state index in [0.717, 1.165) is 33.2 Å². The number of carbonyl (C=O) groups excluding carboxylic acids is 2. The number of methoxy groups -OCH3 is 1. The molecule has 1 aromatic heterocycles. The number of benzene rings is 4. The highest BCUT2D eigenvalue weighted by Gasteiger charge is 2.20. The van der Waals surface area contributed by atoms with Crippen LogP contribution in [0.4, 0.5) is 0 Å². The minimum atomic E-state index is -0.540. The van der Waals surface area contributed by atoms with Crippen molar-refractivity contribution in [3.8, 4) is 28.4 Å². The van der Waals surface area contributed by atoms with E-state index in [0.29, 0.717) is 34.9 Å². The molecule has 0 spiro atoms. The molecule has 0 aliphatic heterocycles. The van der Waals surface area contributed by atoms with Crippen molar-refractivity contribution >= 4 is 29.0 Å². The smallest absolute Gasteiger partial charge is 0.343 e. The van der Waals surface area contributed by atoms with Crippen LogP contribution in [0.25, 0.3) is 22.0 Å². The quantitative estimate of drug-likeness (QED) is 0.0888. The third-order valence-electron chi connectivity index (χ3n) is 6.69. The summed E-state index contributed by atoms with van der Waals surface area (Å²) < 4.78 is 16.5. The topological polar surface area (TPSA) is 102 Å². The summed E-state index contributed by atoms with van der Waals surface area (Å²) in [6.07, 6.45) is 1.51. The monoisotopic (exact) mass is 561 g/mol. The van der Waals surface area contributed by atoms with Gasteiger partial charge in [0.05, 0.1) is 25.5 Å². The molecule has 0 aliphatic carbocycles. The molecule has 0 unspecified atom stereocenters. The normalized spacial score (nSPS) is 11.0. The van der Waals surface area contributed by atoms with E-state index in [1.54, 1.807) is 42.5 Å². The Morgan fingerprint density at radius 3 is 2.50 bits per heavy atom. The summed E-state index contributed by atoms with van der Waals surface area (Å²) in [7, 11) is 1.53. The third-order valence-corrected chi connectivity index (χ3v) is 6.69. The standard InChI is InChI=1S/C34H31N3O5/c1-5-41-29-18-23(14-15-28(29)42-34(39)25-12-9-13-26(19-25)40-4)20-35-37-33(38)32-30(24-10-7-6-8-11-24)27-17-21(2)16-22(3)31(27)36-32/h6-20,36H,5H2,1-4H3,(H,37,38). The Kier molecular flexibility index (Phi) is 8.34. The maximum Gasteiger partial charge on any atom is 0.343 e. The number of aryl methyl sites for hydroxylation is 2. The molecule has 5 rings (SSSR count). The molecule has 1 amide bonds. The first kappa shape index (κ1) is 28.2. The first-order valence-corrected chi connectivity index (χ1v) is 13.5. The molecule has 0 saturated heterocycles. The Labute approximate surface area is 243 Å². The van der Waals surface area contributed by atoms with Crippen LogP contribution in [-0.2, 0) is 0 Å². The van der Waals surface area contributed by atoms with E-state index in [1.165, 1.54) is 13.3 Å². The van der Waals surface area contributed by atoms with Gasteiger partial charge in [-0.2, -0.15) is 5.10 Å². The molecule has 0 bridgehead atoms. The van der Waals surface area contributed by atoms with Gasteiger partial charge in [-0.3, -0.25) is 4.79 Å². The number of nitrogens with zero attached hydrogens (tertiary/aromatic N) is 1. The lowest BCUT2D eigenvalue weighted by Crippen LogP contribution is -2.19. The highest BCUT2D eigenvalue weighted by atomic mass is 16.6. The molecule has 8 heteroatoms. The second kappa shape index (κ2) is 12.4. The molecule has 212 valence electrons. The van der Waals surface area contributed by atoms with E-state index in [9.17, 15) is 9.59 Å². The van der Waals surface area contributed by atoms with Crippen LogP contribution in [0.5, 0.6) is 17.2 Å². The number of aromatic nitrogens is 1. The minimum absolute atomic E-state index is 0.266. The molecule has 4 aromatic carbocycles. The van der Waals surface area contributed by atoms with Crippen molar-refractivity contribution in [2.45, 2.75) is 20.8 Å². The van der Waals surface area contributed by atoms with Crippen LogP contribution < -0.4 is 19.6 Å². The number of esters is 1. The molecule has 0 aliphatic rings. The third kappa shape index (κ3) is 6.02. The number of hydrogen-bond acceptors (Lipinski definition) is 6. The summed E-state index contributed by atoms with van der Waals surface area (Å²) in [6.45, 7) is 6.26. The largest absolute Gasteiger partial charge is 0.497 e. The van der Waals surface area contributed by atoms with Crippen molar-refractivity contribution in [2.24, 2.45) is 5.10 Å². The lowest BCUT2D eigenvalue weighted by atomic mass is 9.99. The van der Waals surface area contributed by atoms with Crippen LogP contribution in [0, 0.1) is 13.8 Å². The molecule has 1 heterocycles. The fourth-order valence-electron chi connectivity index (χ4n) is 4.82. The molecule has 5 aromatic rings. The first-order valence-electron chi connectivity index (χ1n) is 13.5. The van der Waals surface area contributed by atoms with Gasteiger partial charge in [-0.05, 0) is 79.9 Å². The Morgan fingerprint density at radius 1 is 0.929 bits per heavy atom. The Hall–Kier alpha value is -5.37. The average molecular weight is 562 g/mol. The van der Waals surface area contributed by atoms with Crippen molar-refractivity contribution in [3.63, 3.8) is 0 Å². The fraction of sp³-hybridized carbons (Fsp3) is 0.147. The molecule has 0 atom stereocenters. The summed E-state index contributed by atoms with van der Waals surface area (Å²) in [5.74, 6) is 0.282. The van der Waals surface area contributed by atoms with Crippen LogP contribution >= 0.6 is 0 Å². The highest BCUT2D eigenvalue weighted by molar-refractivity contribution is 6.10. The second-order valence-corrected chi connectivity index (χ2v) is 9.71. The number of rotatable bonds is 9. The van der Waals surface area contributed by atoms with Crippen LogP contribution in [0.15, 0.2) is 90.0 Å². The Morgan fingerprint density at radius 2 is 1.74 bits per heavy atom. The second-order valence-electron chi connectivity index (χ2n) is 9.71. The van der Waals surface area contributed by atoms with Gasteiger partial charge >= 0.3 is 5.97 Å². The molecular formula is C34H31N3O5. The van der Waals surface area contributed by atoms with E-state index in [2.05, 4.69) is 27.6 Å². The van der Waals surface area contributed by atoms with Gasteiger partial charge in [-0.1, -0.05) is 48.0 Å². The van der Waals surface area contributed by atoms with Crippen LogP contribution in [0.2, 0.25) is 0 Å². The van der Waals surface area contributed by atoms with Gasteiger partial charge in [0.15, 0.2) is 11.5 Å². The Balaban J connectivity index is 1.37. The number of fused-ring (bicyclic) bond motifs is 1. The van der Waals surface area contributed by atoms with Crippen LogP contribution in [-0.4, -0.2) is 36.8 Å². The number of hydrogen-bond donors (Lipinski definition) is 2. The number of hydrazone groups is 1. The summed E-state index contributed by atoms with van der Waals surface area (Å²) in [5, 5.41) is 5.18. The molecular weight excluding hydrogens is 530 g/mol. The Bertz CT molecular complexity index is 1790. The molecule has 0 saturated carbocycles. The van der Waals surface area contributed by atoms with Gasteiger partial charge in [0.2, 0.25) is 0 Å². The fourth-order valence-corrected chi connectivity index (χ4v) is 4.82. The zero-order valence-electron chi connectivity index (χ0n) is 23.9. The van der Waals surface area contributed by atoms with Gasteiger partial charge in [0, 0.05) is 16.5 Å². The number of nitrogens with one attached hydrogen (secondary N) is 2. The summed E-state index contributed by atoms with van der Waals surface area (Å²) in [6, 6.07) is 25.7. The maximum atomic E-state index is 13.4. The lowest BCUT2D eigenvalue weighted by Gasteiger charge is -2.11. The minimum Gasteiger partial charge on any atom is -0.497 e. The predicted octanol–water partition coefficient (Wildman–Crippen LogP) is 6.84. The van der Waals surface area contributed by atoms with Gasteiger partial charge in [0.25, 0.3) is 5.91 Å². The van der Waals surface area contributed by atoms with Crippen molar-refractivity contribution < 1.29 is 23.8 Å². The van der Waals surface area contributed by atoms with E-state index >= 15 is 0 Å². The lowest BCUT2D eigenvalue weighted by molar-refractivity contribution is 0.0727. The molecule has 0 fully saturated rings. The molecule has 0 radical (unpaired) electrons. The molecule has 2 N–H and O–H groups in total. The summed E-state index contributed by atoms with van der Waals surface area (Å²) >= 11 is 0. The van der Waals surface area contributed by atoms with E-state index in [4.69, 9.17) is 14.2 Å². The van der Waals surface area contributed by atoms with Crippen molar-refractivity contribution in [1.82, 2.24) is 10.4 Å². The van der Waals surface area contributed by atoms with E-state index < -0.39 is 5.97 Å². The van der Waals surface area contributed by atoms with Gasteiger partial charge in [-0.25, -0.2) is 10.2 Å². The number of amides is 1. The first-order chi connectivity index (χ1) is 20.4. The van der Waals surface area contributed by atoms with Crippen molar-refractivity contribution in [1.29, 1.82) is 0 Å². The maximum absolute atomic E-state index is 13.4. The highest BCUT2D eigenvalue weighted by Crippen LogP contribution is 2.35. The predicted molar refractivity (Wildman–Crippen MR) is 164 cm³/mol. The number of ether oxygens (including phenoxy) is 3. The van der Waals surface area contributed by atoms with Gasteiger partial charge in [-0.15, -0.1) is 0 Å². The van der Waals surface area contributed by atoms with Gasteiger partial charge in [0.1, 0.15) is 11.4 Å². The summed E-state index contributed by atoms with van der Waals surface area (Å²) in [5.41, 5.74) is 8.91. The SMILES string of the molecule is CCOc1cc(C=NNC(=O)c2[nH]c3c(C)cc(C)cc3c2-c2ccccc2)ccc1OC(=O)c1cccc(OC)c1. The van der Waals surface area contributed by atoms with Crippen molar-refractivity contribution in [2.75, 3.05) is 13.7 Å². The van der Waals surface area contributed by atoms with Crippen LogP contribution in [0.1, 0.15) is 44.5 Å². The van der Waals surface area contributed by atoms with E-state index in [1.807, 2.05) is 51.1 Å². The number of H-pyrrole nitrogens is 1. The average Bonchev–Trinajstić information content (AvgIpc) is 3.39. The number of carbonyl (C=O) groups is 2. The van der Waals surface area contributed by atoms with Gasteiger partial charge < -0.3 is 19.2 Å². The van der Waals surface area contributed by atoms with Crippen LogP contribution in [0.3, 0.4) is 0 Å². The van der Waals surface area contributed by atoms with E-state index in [-0.39, 0.29) is 11.7 Å². The number of aromatic amines is 1.